The molecule has 7 nitrogen and oxygen atoms in total. The van der Waals surface area contributed by atoms with Gasteiger partial charge in [0.05, 0.1) is 12.1 Å². The second-order valence-electron chi connectivity index (χ2n) is 7.04. The number of likely N-dealkylation sites (tertiary alicyclic amines) is 1. The van der Waals surface area contributed by atoms with Crippen LogP contribution in [0.25, 0.3) is 0 Å². The van der Waals surface area contributed by atoms with Crippen LogP contribution in [0.3, 0.4) is 0 Å². The van der Waals surface area contributed by atoms with Crippen molar-refractivity contribution in [1.29, 1.82) is 0 Å². The highest BCUT2D eigenvalue weighted by molar-refractivity contribution is 6.67. The number of amides is 2. The van der Waals surface area contributed by atoms with E-state index in [4.69, 9.17) is 0 Å². The highest BCUT2D eigenvalue weighted by Crippen LogP contribution is 2.42. The number of halogens is 1. The Morgan fingerprint density at radius 2 is 1.96 bits per heavy atom. The van der Waals surface area contributed by atoms with E-state index in [-0.39, 0.29) is 24.3 Å². The van der Waals surface area contributed by atoms with Crippen molar-refractivity contribution >= 4 is 29.0 Å². The summed E-state index contributed by atoms with van der Waals surface area (Å²) in [5.41, 5.74) is 0.0386. The minimum absolute atomic E-state index is 0.0204. The van der Waals surface area contributed by atoms with Crippen LogP contribution in [0.2, 0.25) is 0 Å². The fourth-order valence-electron chi connectivity index (χ4n) is 4.02. The smallest absolute Gasteiger partial charge is 0.278 e. The van der Waals surface area contributed by atoms with E-state index in [1.807, 2.05) is 0 Å². The molecule has 0 aromatic heterocycles. The highest BCUT2D eigenvalue weighted by Gasteiger charge is 2.50. The molecule has 1 aliphatic carbocycles. The molecule has 0 spiro atoms. The number of carbonyl (C=O) groups excluding carboxylic acids is 3. The average molecular weight is 359 g/mol. The fraction of sp³-hybridized carbons (Fsp3) is 0.444. The molecule has 4 rings (SSSR count). The summed E-state index contributed by atoms with van der Waals surface area (Å²) in [5.74, 6) is -1.55. The largest absolute Gasteiger partial charge is 0.396 e. The quantitative estimate of drug-likeness (QED) is 0.805. The van der Waals surface area contributed by atoms with Crippen molar-refractivity contribution in [1.82, 2.24) is 4.90 Å². The van der Waals surface area contributed by atoms with Gasteiger partial charge in [-0.25, -0.2) is 4.39 Å². The molecule has 0 bridgehead atoms. The van der Waals surface area contributed by atoms with Gasteiger partial charge in [0.15, 0.2) is 11.5 Å². The molecule has 1 N–H and O–H groups in total. The number of hydrogen-bond donors (Lipinski definition) is 1. The molecule has 3 atom stereocenters. The van der Waals surface area contributed by atoms with Gasteiger partial charge >= 0.3 is 0 Å². The lowest BCUT2D eigenvalue weighted by Crippen LogP contribution is -2.59. The topological polar surface area (TPSA) is 90.3 Å². The molecular formula is C18H18FN3O4. The number of hydrazone groups is 1. The zero-order chi connectivity index (χ0) is 18.4. The van der Waals surface area contributed by atoms with Gasteiger partial charge in [0, 0.05) is 19.2 Å². The van der Waals surface area contributed by atoms with E-state index in [1.54, 1.807) is 4.90 Å². The molecule has 1 aromatic carbocycles. The summed E-state index contributed by atoms with van der Waals surface area (Å²) in [4.78, 5) is 38.7. The van der Waals surface area contributed by atoms with E-state index >= 15 is 0 Å². The summed E-state index contributed by atoms with van der Waals surface area (Å²) >= 11 is 0. The van der Waals surface area contributed by atoms with Gasteiger partial charge in [0.1, 0.15) is 5.82 Å². The van der Waals surface area contributed by atoms with E-state index in [1.165, 1.54) is 24.3 Å². The fourth-order valence-corrected chi connectivity index (χ4v) is 4.02. The van der Waals surface area contributed by atoms with E-state index in [9.17, 15) is 23.9 Å². The lowest BCUT2D eigenvalue weighted by molar-refractivity contribution is -0.135. The number of hydrogen-bond acceptors (Lipinski definition) is 5. The Kier molecular flexibility index (Phi) is 4.07. The number of carbonyl (C=O) groups is 3. The third kappa shape index (κ3) is 2.70. The van der Waals surface area contributed by atoms with Crippen LogP contribution in [0, 0.1) is 17.7 Å². The number of ketones is 1. The van der Waals surface area contributed by atoms with Crippen molar-refractivity contribution < 1.29 is 23.9 Å². The summed E-state index contributed by atoms with van der Waals surface area (Å²) in [6, 6.07) is 5.13. The zero-order valence-electron chi connectivity index (χ0n) is 14.0. The third-order valence-corrected chi connectivity index (χ3v) is 5.39. The lowest BCUT2D eigenvalue weighted by Gasteiger charge is -2.44. The molecule has 1 aromatic rings. The van der Waals surface area contributed by atoms with E-state index in [2.05, 4.69) is 5.10 Å². The molecule has 1 saturated carbocycles. The molecule has 0 radical (unpaired) electrons. The first-order chi connectivity index (χ1) is 12.5. The number of aliphatic hydroxyl groups excluding tert-OH is 1. The Hall–Kier alpha value is -2.61. The van der Waals surface area contributed by atoms with Gasteiger partial charge in [-0.05, 0) is 48.9 Å². The number of anilines is 1. The van der Waals surface area contributed by atoms with Gasteiger partial charge < -0.3 is 10.0 Å². The van der Waals surface area contributed by atoms with Crippen LogP contribution < -0.4 is 5.01 Å². The first kappa shape index (κ1) is 16.8. The average Bonchev–Trinajstić information content (AvgIpc) is 2.92. The van der Waals surface area contributed by atoms with Crippen molar-refractivity contribution in [2.24, 2.45) is 16.9 Å². The Balaban J connectivity index is 1.57. The Labute approximate surface area is 149 Å². The van der Waals surface area contributed by atoms with Crippen molar-refractivity contribution in [3.8, 4) is 0 Å². The second kappa shape index (κ2) is 6.28. The second-order valence-corrected chi connectivity index (χ2v) is 7.04. The number of benzene rings is 1. The Bertz CT molecular complexity index is 807. The van der Waals surface area contributed by atoms with E-state index < -0.39 is 29.8 Å². The maximum atomic E-state index is 13.1. The molecule has 1 saturated heterocycles. The number of fused-ring (bicyclic) bond motifs is 1. The van der Waals surface area contributed by atoms with Gasteiger partial charge in [0.25, 0.3) is 11.8 Å². The molecule has 2 fully saturated rings. The molecule has 3 aliphatic rings. The van der Waals surface area contributed by atoms with E-state index in [0.717, 1.165) is 17.9 Å². The number of Topliss-reactive ketones (excluding diaryl/α,β-unsaturated/α-hetero) is 1. The highest BCUT2D eigenvalue weighted by atomic mass is 19.1. The SMILES string of the molecule is O=C1CC(=O)N(c2ccc(F)cc2)N=C1C(=O)N1C[C@@H]2C[C@@H](CO)C[C@@H]21. The minimum Gasteiger partial charge on any atom is -0.396 e. The number of nitrogens with zero attached hydrogens (tertiary/aromatic N) is 3. The first-order valence-corrected chi connectivity index (χ1v) is 8.60. The summed E-state index contributed by atoms with van der Waals surface area (Å²) in [5, 5.41) is 14.3. The van der Waals surface area contributed by atoms with Crippen molar-refractivity contribution in [3.63, 3.8) is 0 Å². The molecular weight excluding hydrogens is 341 g/mol. The van der Waals surface area contributed by atoms with E-state index in [0.29, 0.717) is 18.2 Å². The Morgan fingerprint density at radius 1 is 1.23 bits per heavy atom. The van der Waals surface area contributed by atoms with Gasteiger partial charge in [-0.15, -0.1) is 0 Å². The van der Waals surface area contributed by atoms with Crippen LogP contribution in [0.1, 0.15) is 19.3 Å². The molecule has 0 unspecified atom stereocenters. The van der Waals surface area contributed by atoms with Crippen LogP contribution in [0.4, 0.5) is 10.1 Å². The van der Waals surface area contributed by atoms with Gasteiger partial charge in [-0.3, -0.25) is 14.4 Å². The van der Waals surface area contributed by atoms with Gasteiger partial charge in [-0.2, -0.15) is 10.1 Å². The van der Waals surface area contributed by atoms with Crippen molar-refractivity contribution in [3.05, 3.63) is 30.1 Å². The maximum absolute atomic E-state index is 13.1. The van der Waals surface area contributed by atoms with Crippen LogP contribution in [-0.4, -0.2) is 52.5 Å². The molecule has 2 amide bonds. The molecule has 2 aliphatic heterocycles. The predicted octanol–water partition coefficient (Wildman–Crippen LogP) is 0.717. The van der Waals surface area contributed by atoms with Crippen LogP contribution in [0.5, 0.6) is 0 Å². The van der Waals surface area contributed by atoms with Gasteiger partial charge in [0.2, 0.25) is 0 Å². The maximum Gasteiger partial charge on any atom is 0.278 e. The summed E-state index contributed by atoms with van der Waals surface area (Å²) in [6.07, 6.45) is 1.16. The zero-order valence-corrected chi connectivity index (χ0v) is 14.0. The minimum atomic E-state index is -0.599. The third-order valence-electron chi connectivity index (χ3n) is 5.39. The summed E-state index contributed by atoms with van der Waals surface area (Å²) < 4.78 is 13.1. The number of aliphatic hydroxyl groups is 1. The Morgan fingerprint density at radius 3 is 2.65 bits per heavy atom. The summed E-state index contributed by atoms with van der Waals surface area (Å²) in [6.45, 7) is 0.637. The van der Waals surface area contributed by atoms with Crippen molar-refractivity contribution in [2.75, 3.05) is 18.2 Å². The molecule has 26 heavy (non-hydrogen) atoms. The number of rotatable bonds is 3. The lowest BCUT2D eigenvalue weighted by atomic mass is 9.91. The monoisotopic (exact) mass is 359 g/mol. The normalized spacial score (nSPS) is 27.9. The van der Waals surface area contributed by atoms with Crippen molar-refractivity contribution in [2.45, 2.75) is 25.3 Å². The van der Waals surface area contributed by atoms with Crippen LogP contribution in [0.15, 0.2) is 29.4 Å². The summed E-state index contributed by atoms with van der Waals surface area (Å²) in [7, 11) is 0. The van der Waals surface area contributed by atoms with Crippen LogP contribution in [-0.2, 0) is 14.4 Å². The molecule has 8 heteroatoms. The standard InChI is InChI=1S/C18H18FN3O4/c19-12-1-3-13(4-2-12)22-16(25)7-15(24)17(20-22)18(26)21-8-11-5-10(9-23)6-14(11)21/h1-4,10-11,14,23H,5-9H2/t10-,11+,14+/m1/s1. The predicted molar refractivity (Wildman–Crippen MR) is 89.7 cm³/mol. The van der Waals surface area contributed by atoms with Gasteiger partial charge in [-0.1, -0.05) is 0 Å². The first-order valence-electron chi connectivity index (χ1n) is 8.60. The van der Waals surface area contributed by atoms with Crippen LogP contribution >= 0.6 is 0 Å². The molecule has 136 valence electrons. The molecule has 2 heterocycles.